The Labute approximate surface area is 96.8 Å². The fourth-order valence-corrected chi connectivity index (χ4v) is 1.28. The zero-order chi connectivity index (χ0) is 12.3. The van der Waals surface area contributed by atoms with Gasteiger partial charge in [0.25, 0.3) is 0 Å². The van der Waals surface area contributed by atoms with Crippen LogP contribution in [0.5, 0.6) is 0 Å². The van der Waals surface area contributed by atoms with E-state index in [-0.39, 0.29) is 11.4 Å². The van der Waals surface area contributed by atoms with Crippen LogP contribution in [0.1, 0.15) is 11.1 Å². The summed E-state index contributed by atoms with van der Waals surface area (Å²) in [5.74, 6) is -0.331. The van der Waals surface area contributed by atoms with E-state index in [1.165, 1.54) is 30.7 Å². The van der Waals surface area contributed by atoms with E-state index in [0.717, 1.165) is 0 Å². The maximum Gasteiger partial charge on any atom is 0.141 e. The normalized spacial score (nSPS) is 11.2. The number of nitriles is 1. The van der Waals surface area contributed by atoms with Crippen molar-refractivity contribution in [2.45, 2.75) is 0 Å². The van der Waals surface area contributed by atoms with Gasteiger partial charge in [-0.15, -0.1) is 0 Å². The van der Waals surface area contributed by atoms with Gasteiger partial charge in [0.15, 0.2) is 0 Å². The summed E-state index contributed by atoms with van der Waals surface area (Å²) in [5.41, 5.74) is 6.70. The second-order valence-corrected chi connectivity index (χ2v) is 3.29. The molecule has 4 nitrogen and oxygen atoms in total. The van der Waals surface area contributed by atoms with Crippen molar-refractivity contribution < 1.29 is 8.81 Å². The molecule has 0 amide bonds. The fourth-order valence-electron chi connectivity index (χ4n) is 1.28. The van der Waals surface area contributed by atoms with Crippen LogP contribution in [0.3, 0.4) is 0 Å². The fraction of sp³-hybridized carbons (Fsp3) is 0. The molecule has 0 atom stereocenters. The molecule has 2 aromatic rings. The van der Waals surface area contributed by atoms with E-state index in [1.54, 1.807) is 12.1 Å². The van der Waals surface area contributed by atoms with Gasteiger partial charge in [-0.05, 0) is 24.3 Å². The number of hydrogen-bond donors (Lipinski definition) is 1. The van der Waals surface area contributed by atoms with Gasteiger partial charge >= 0.3 is 0 Å². The first-order valence-electron chi connectivity index (χ1n) is 4.77. The van der Waals surface area contributed by atoms with Crippen LogP contribution in [-0.4, -0.2) is 5.84 Å². The van der Waals surface area contributed by atoms with E-state index in [0.29, 0.717) is 11.3 Å². The lowest BCUT2D eigenvalue weighted by molar-refractivity contribution is 0.567. The quantitative estimate of drug-likeness (QED) is 0.634. The van der Waals surface area contributed by atoms with Crippen LogP contribution in [0.4, 0.5) is 10.1 Å². The zero-order valence-corrected chi connectivity index (χ0v) is 8.72. The average Bonchev–Trinajstić information content (AvgIpc) is 2.85. The van der Waals surface area contributed by atoms with Crippen LogP contribution in [0.25, 0.3) is 0 Å². The Morgan fingerprint density at radius 2 is 2.24 bits per heavy atom. The third-order valence-corrected chi connectivity index (χ3v) is 2.14. The van der Waals surface area contributed by atoms with Crippen LogP contribution in [0.2, 0.25) is 0 Å². The van der Waals surface area contributed by atoms with Gasteiger partial charge in [-0.3, -0.25) is 0 Å². The molecule has 5 heteroatoms. The average molecular weight is 229 g/mol. The Kier molecular flexibility index (Phi) is 2.88. The molecule has 0 aliphatic carbocycles. The van der Waals surface area contributed by atoms with Gasteiger partial charge in [0.2, 0.25) is 0 Å². The lowest BCUT2D eigenvalue weighted by Gasteiger charge is -1.99. The predicted octanol–water partition coefficient (Wildman–Crippen LogP) is 2.33. The van der Waals surface area contributed by atoms with Gasteiger partial charge < -0.3 is 10.2 Å². The summed E-state index contributed by atoms with van der Waals surface area (Å²) in [7, 11) is 0. The molecular formula is C12H8FN3O. The minimum Gasteiger partial charge on any atom is -0.472 e. The molecule has 0 saturated heterocycles. The van der Waals surface area contributed by atoms with Crippen molar-refractivity contribution in [1.82, 2.24) is 0 Å². The van der Waals surface area contributed by atoms with E-state index < -0.39 is 5.82 Å². The summed E-state index contributed by atoms with van der Waals surface area (Å²) in [6.45, 7) is 0. The molecule has 0 aliphatic heterocycles. The first-order chi connectivity index (χ1) is 8.20. The lowest BCUT2D eigenvalue weighted by atomic mass is 10.2. The topological polar surface area (TPSA) is 75.3 Å². The maximum atomic E-state index is 13.1. The summed E-state index contributed by atoms with van der Waals surface area (Å²) in [4.78, 5) is 4.07. The van der Waals surface area contributed by atoms with E-state index in [2.05, 4.69) is 4.99 Å². The van der Waals surface area contributed by atoms with Crippen molar-refractivity contribution in [2.24, 2.45) is 10.7 Å². The number of nitrogens with zero attached hydrogens (tertiary/aromatic N) is 2. The first kappa shape index (κ1) is 10.9. The summed E-state index contributed by atoms with van der Waals surface area (Å²) in [6, 6.07) is 7.36. The molecule has 2 rings (SSSR count). The Morgan fingerprint density at radius 1 is 1.41 bits per heavy atom. The molecule has 2 N–H and O–H groups in total. The Balaban J connectivity index is 2.37. The highest BCUT2D eigenvalue weighted by Gasteiger charge is 2.04. The third-order valence-electron chi connectivity index (χ3n) is 2.14. The third kappa shape index (κ3) is 2.32. The molecule has 0 spiro atoms. The van der Waals surface area contributed by atoms with Crippen molar-refractivity contribution in [2.75, 3.05) is 0 Å². The van der Waals surface area contributed by atoms with Crippen molar-refractivity contribution in [3.63, 3.8) is 0 Å². The number of rotatable bonds is 2. The minimum atomic E-state index is -0.576. The zero-order valence-electron chi connectivity index (χ0n) is 8.72. The van der Waals surface area contributed by atoms with Crippen molar-refractivity contribution in [1.29, 1.82) is 5.26 Å². The molecule has 0 fully saturated rings. The second-order valence-electron chi connectivity index (χ2n) is 3.29. The van der Waals surface area contributed by atoms with Crippen molar-refractivity contribution in [3.05, 3.63) is 53.7 Å². The highest BCUT2D eigenvalue weighted by Crippen LogP contribution is 2.17. The van der Waals surface area contributed by atoms with Crippen LogP contribution in [0.15, 0.2) is 46.2 Å². The predicted molar refractivity (Wildman–Crippen MR) is 60.2 cm³/mol. The van der Waals surface area contributed by atoms with Crippen molar-refractivity contribution in [3.8, 4) is 6.07 Å². The number of benzene rings is 1. The number of amidine groups is 1. The molecule has 84 valence electrons. The number of nitrogens with two attached hydrogens (primary N) is 1. The Hall–Kier alpha value is -2.61. The second kappa shape index (κ2) is 4.49. The number of halogens is 1. The molecule has 0 bridgehead atoms. The molecule has 1 aromatic carbocycles. The molecule has 0 unspecified atom stereocenters. The first-order valence-corrected chi connectivity index (χ1v) is 4.77. The van der Waals surface area contributed by atoms with Gasteiger partial charge in [0, 0.05) is 0 Å². The molecule has 0 radical (unpaired) electrons. The number of furan rings is 1. The monoisotopic (exact) mass is 229 g/mol. The number of aliphatic imine (C=N–C) groups is 1. The minimum absolute atomic E-state index is 0.0637. The van der Waals surface area contributed by atoms with Crippen LogP contribution in [-0.2, 0) is 0 Å². The summed E-state index contributed by atoms with van der Waals surface area (Å²) in [5, 5.41) is 8.68. The van der Waals surface area contributed by atoms with Gasteiger partial charge in [-0.25, -0.2) is 9.38 Å². The molecule has 17 heavy (non-hydrogen) atoms. The molecule has 0 aliphatic rings. The molecule has 1 heterocycles. The molecule has 0 saturated carbocycles. The van der Waals surface area contributed by atoms with E-state index in [4.69, 9.17) is 15.4 Å². The van der Waals surface area contributed by atoms with Gasteiger partial charge in [0.1, 0.15) is 24.0 Å². The highest BCUT2D eigenvalue weighted by molar-refractivity contribution is 5.98. The van der Waals surface area contributed by atoms with Crippen LogP contribution in [0, 0.1) is 17.1 Å². The highest BCUT2D eigenvalue weighted by atomic mass is 19.1. The lowest BCUT2D eigenvalue weighted by Crippen LogP contribution is -2.11. The standard InChI is InChI=1S/C12H8FN3O/c13-11-2-1-10(5-9(11)6-14)16-12(15)8-3-4-17-7-8/h1-5,7H,(H2,15,16). The van der Waals surface area contributed by atoms with E-state index in [9.17, 15) is 4.39 Å². The van der Waals surface area contributed by atoms with Gasteiger partial charge in [-0.2, -0.15) is 5.26 Å². The molecule has 1 aromatic heterocycles. The summed E-state index contributed by atoms with van der Waals surface area (Å²) >= 11 is 0. The number of hydrogen-bond acceptors (Lipinski definition) is 3. The summed E-state index contributed by atoms with van der Waals surface area (Å²) in [6.07, 6.45) is 2.93. The Bertz CT molecular complexity index is 597. The van der Waals surface area contributed by atoms with E-state index in [1.807, 2.05) is 0 Å². The van der Waals surface area contributed by atoms with Gasteiger partial charge in [0.05, 0.1) is 23.1 Å². The summed E-state index contributed by atoms with van der Waals surface area (Å²) < 4.78 is 17.9. The van der Waals surface area contributed by atoms with Crippen LogP contribution < -0.4 is 5.73 Å². The SMILES string of the molecule is N#Cc1cc(N=C(N)c2ccoc2)ccc1F. The smallest absolute Gasteiger partial charge is 0.141 e. The maximum absolute atomic E-state index is 13.1. The van der Waals surface area contributed by atoms with E-state index >= 15 is 0 Å². The Morgan fingerprint density at radius 3 is 2.88 bits per heavy atom. The largest absolute Gasteiger partial charge is 0.472 e. The van der Waals surface area contributed by atoms with Crippen molar-refractivity contribution >= 4 is 11.5 Å². The van der Waals surface area contributed by atoms with Crippen LogP contribution >= 0.6 is 0 Å². The molecular weight excluding hydrogens is 221 g/mol. The van der Waals surface area contributed by atoms with Gasteiger partial charge in [-0.1, -0.05) is 0 Å².